The van der Waals surface area contributed by atoms with Crippen LogP contribution in [0, 0.1) is 11.8 Å². The van der Waals surface area contributed by atoms with Gasteiger partial charge in [0.05, 0.1) is 12.1 Å². The second-order valence-electron chi connectivity index (χ2n) is 7.43. The molecule has 0 aliphatic carbocycles. The monoisotopic (exact) mass is 350 g/mol. The number of nitrogens with one attached hydrogen (secondary N) is 2. The molecule has 3 rings (SSSR count). The van der Waals surface area contributed by atoms with E-state index in [1.54, 1.807) is 26.0 Å². The molecule has 3 aliphatic heterocycles. The summed E-state index contributed by atoms with van der Waals surface area (Å²) in [6.07, 6.45) is 1.29. The molecule has 8 heteroatoms. The average molecular weight is 350 g/mol. The number of carboxylic acids is 1. The van der Waals surface area contributed by atoms with E-state index < -0.39 is 5.97 Å². The van der Waals surface area contributed by atoms with Gasteiger partial charge in [-0.05, 0) is 37.9 Å². The van der Waals surface area contributed by atoms with Crippen LogP contribution in [0.1, 0.15) is 19.8 Å². The zero-order valence-electron chi connectivity index (χ0n) is 15.1. The molecule has 3 heterocycles. The lowest BCUT2D eigenvalue weighted by atomic mass is 9.82. The number of aliphatic carboxylic acids is 1. The first-order valence-corrected chi connectivity index (χ1v) is 8.69. The fourth-order valence-electron chi connectivity index (χ4n) is 4.45. The fourth-order valence-corrected chi connectivity index (χ4v) is 4.45. The van der Waals surface area contributed by atoms with Crippen molar-refractivity contribution in [2.24, 2.45) is 11.8 Å². The van der Waals surface area contributed by atoms with E-state index in [0.717, 1.165) is 5.57 Å². The van der Waals surface area contributed by atoms with Gasteiger partial charge in [-0.3, -0.25) is 14.5 Å². The number of rotatable bonds is 5. The van der Waals surface area contributed by atoms with Gasteiger partial charge in [0.15, 0.2) is 0 Å². The molecule has 0 aromatic carbocycles. The van der Waals surface area contributed by atoms with Crippen molar-refractivity contribution in [3.63, 3.8) is 0 Å². The van der Waals surface area contributed by atoms with Crippen molar-refractivity contribution in [1.82, 2.24) is 20.4 Å². The number of amides is 2. The van der Waals surface area contributed by atoms with Crippen LogP contribution in [0.4, 0.5) is 0 Å². The molecule has 138 valence electrons. The Labute approximate surface area is 147 Å². The number of hydrogen-bond donors (Lipinski definition) is 3. The molecule has 5 unspecified atom stereocenters. The van der Waals surface area contributed by atoms with Crippen LogP contribution in [0.3, 0.4) is 0 Å². The van der Waals surface area contributed by atoms with E-state index in [-0.39, 0.29) is 47.5 Å². The van der Waals surface area contributed by atoms with Gasteiger partial charge in [0.25, 0.3) is 0 Å². The molecule has 0 aromatic heterocycles. The van der Waals surface area contributed by atoms with Gasteiger partial charge in [-0.2, -0.15) is 0 Å². The molecule has 2 amide bonds. The maximum atomic E-state index is 12.2. The summed E-state index contributed by atoms with van der Waals surface area (Å²) in [5, 5.41) is 15.9. The molecule has 2 saturated heterocycles. The number of carbonyl (C=O) groups excluding carboxylic acids is 2. The first-order chi connectivity index (χ1) is 11.8. The number of nitrogens with zero attached hydrogens (tertiary/aromatic N) is 2. The summed E-state index contributed by atoms with van der Waals surface area (Å²) >= 11 is 0. The van der Waals surface area contributed by atoms with Gasteiger partial charge < -0.3 is 20.6 Å². The highest BCUT2D eigenvalue weighted by Crippen LogP contribution is 2.45. The lowest BCUT2D eigenvalue weighted by molar-refractivity contribution is -0.152. The van der Waals surface area contributed by atoms with Crippen LogP contribution >= 0.6 is 0 Å². The molecule has 0 aromatic rings. The third-order valence-corrected chi connectivity index (χ3v) is 5.73. The highest BCUT2D eigenvalue weighted by atomic mass is 16.4. The second kappa shape index (κ2) is 6.42. The molecule has 25 heavy (non-hydrogen) atoms. The summed E-state index contributed by atoms with van der Waals surface area (Å²) in [6.45, 7) is 2.67. The number of carbonyl (C=O) groups is 3. The zero-order chi connectivity index (χ0) is 18.5. The fraction of sp³-hybridized carbons (Fsp3) is 0.706. The summed E-state index contributed by atoms with van der Waals surface area (Å²) in [6, 6.07) is -0.645. The van der Waals surface area contributed by atoms with E-state index in [0.29, 0.717) is 19.4 Å². The van der Waals surface area contributed by atoms with Crippen molar-refractivity contribution in [2.75, 3.05) is 27.7 Å². The van der Waals surface area contributed by atoms with Gasteiger partial charge in [-0.1, -0.05) is 6.92 Å². The minimum absolute atomic E-state index is 0.00449. The molecule has 3 N–H and O–H groups in total. The topological polar surface area (TPSA) is 102 Å². The molecular weight excluding hydrogens is 324 g/mol. The predicted molar refractivity (Wildman–Crippen MR) is 90.5 cm³/mol. The van der Waals surface area contributed by atoms with Crippen LogP contribution in [-0.2, 0) is 14.4 Å². The minimum atomic E-state index is -1.04. The van der Waals surface area contributed by atoms with E-state index >= 15 is 0 Å². The Morgan fingerprint density at radius 2 is 2.08 bits per heavy atom. The van der Waals surface area contributed by atoms with Crippen LogP contribution in [0.25, 0.3) is 0 Å². The Balaban J connectivity index is 1.77. The first kappa shape index (κ1) is 17.9. The van der Waals surface area contributed by atoms with Gasteiger partial charge in [0.2, 0.25) is 11.8 Å². The Kier molecular flexibility index (Phi) is 4.59. The SMILES string of the molecule is CNC1C(=O)N2C(C(=O)O)=C(CC3CNC(C(=O)N(C)C)C3)C(C)C12. The Bertz CT molecular complexity index is 645. The van der Waals surface area contributed by atoms with E-state index in [9.17, 15) is 19.5 Å². The highest BCUT2D eigenvalue weighted by Gasteiger charge is 2.58. The third kappa shape index (κ3) is 2.73. The Morgan fingerprint density at radius 3 is 2.64 bits per heavy atom. The average Bonchev–Trinajstić information content (AvgIpc) is 3.10. The normalized spacial score (nSPS) is 34.2. The van der Waals surface area contributed by atoms with Crippen LogP contribution in [0.15, 0.2) is 11.3 Å². The van der Waals surface area contributed by atoms with E-state index in [4.69, 9.17) is 0 Å². The lowest BCUT2D eigenvalue weighted by Gasteiger charge is -2.44. The van der Waals surface area contributed by atoms with E-state index in [2.05, 4.69) is 10.6 Å². The second-order valence-corrected chi connectivity index (χ2v) is 7.43. The minimum Gasteiger partial charge on any atom is -0.477 e. The van der Waals surface area contributed by atoms with Crippen molar-refractivity contribution in [1.29, 1.82) is 0 Å². The summed E-state index contributed by atoms with van der Waals surface area (Å²) in [4.78, 5) is 39.1. The van der Waals surface area contributed by atoms with E-state index in [1.807, 2.05) is 6.92 Å². The molecule has 0 bridgehead atoms. The van der Waals surface area contributed by atoms with Crippen molar-refractivity contribution in [2.45, 2.75) is 37.9 Å². The number of fused-ring (bicyclic) bond motifs is 1. The maximum Gasteiger partial charge on any atom is 0.352 e. The van der Waals surface area contributed by atoms with Crippen molar-refractivity contribution < 1.29 is 19.5 Å². The molecule has 5 atom stereocenters. The quantitative estimate of drug-likeness (QED) is 0.563. The molecule has 3 aliphatic rings. The third-order valence-electron chi connectivity index (χ3n) is 5.73. The predicted octanol–water partition coefficient (Wildman–Crippen LogP) is -0.770. The lowest BCUT2D eigenvalue weighted by Crippen LogP contribution is -2.68. The summed E-state index contributed by atoms with van der Waals surface area (Å²) in [5.74, 6) is -0.966. The molecule has 0 saturated carbocycles. The first-order valence-electron chi connectivity index (χ1n) is 8.69. The Morgan fingerprint density at radius 1 is 1.40 bits per heavy atom. The van der Waals surface area contributed by atoms with Gasteiger partial charge in [-0.25, -0.2) is 4.79 Å². The maximum absolute atomic E-state index is 12.2. The van der Waals surface area contributed by atoms with Gasteiger partial charge in [0, 0.05) is 20.0 Å². The van der Waals surface area contributed by atoms with Gasteiger partial charge in [-0.15, -0.1) is 0 Å². The smallest absolute Gasteiger partial charge is 0.352 e. The number of likely N-dealkylation sites (N-methyl/N-ethyl adjacent to an activating group) is 2. The van der Waals surface area contributed by atoms with Crippen LogP contribution < -0.4 is 10.6 Å². The van der Waals surface area contributed by atoms with Crippen molar-refractivity contribution in [3.8, 4) is 0 Å². The van der Waals surface area contributed by atoms with Crippen LogP contribution in [0.2, 0.25) is 0 Å². The summed E-state index contributed by atoms with van der Waals surface area (Å²) in [7, 11) is 5.19. The molecule has 2 fully saturated rings. The number of β-lactam (4-membered cyclic amide) rings is 1. The molecule has 0 spiro atoms. The van der Waals surface area contributed by atoms with Gasteiger partial charge in [0.1, 0.15) is 11.7 Å². The molecule has 8 nitrogen and oxygen atoms in total. The number of hydrogen-bond acceptors (Lipinski definition) is 5. The largest absolute Gasteiger partial charge is 0.477 e. The van der Waals surface area contributed by atoms with Crippen molar-refractivity contribution in [3.05, 3.63) is 11.3 Å². The highest BCUT2D eigenvalue weighted by molar-refractivity contribution is 6.01. The standard InChI is InChI=1S/C17H26N4O4/c1-8-10(5-9-6-11(19-7-9)15(22)20(3)4)14(17(24)25)21-13(8)12(18-2)16(21)23/h8-9,11-13,18-19H,5-7H2,1-4H3,(H,24,25). The zero-order valence-corrected chi connectivity index (χ0v) is 15.1. The number of carboxylic acid groups (broad SMARTS) is 1. The Hall–Kier alpha value is -1.93. The molecular formula is C17H26N4O4. The van der Waals surface area contributed by atoms with E-state index in [1.165, 1.54) is 4.90 Å². The van der Waals surface area contributed by atoms with Gasteiger partial charge >= 0.3 is 5.97 Å². The van der Waals surface area contributed by atoms with Crippen LogP contribution in [0.5, 0.6) is 0 Å². The van der Waals surface area contributed by atoms with Crippen LogP contribution in [-0.4, -0.2) is 78.5 Å². The molecule has 0 radical (unpaired) electrons. The summed E-state index contributed by atoms with van der Waals surface area (Å²) in [5.41, 5.74) is 0.977. The van der Waals surface area contributed by atoms with Crippen molar-refractivity contribution >= 4 is 17.8 Å². The summed E-state index contributed by atoms with van der Waals surface area (Å²) < 4.78 is 0.